The first-order valence-electron chi connectivity index (χ1n) is 9.64. The molecule has 1 N–H and O–H groups in total. The van der Waals surface area contributed by atoms with Crippen molar-refractivity contribution < 1.29 is 22.9 Å². The van der Waals surface area contributed by atoms with Crippen molar-refractivity contribution in [3.63, 3.8) is 0 Å². The van der Waals surface area contributed by atoms with E-state index in [1.807, 2.05) is 12.1 Å². The van der Waals surface area contributed by atoms with Crippen molar-refractivity contribution in [2.24, 2.45) is 0 Å². The molecular formula is C20H24N4O6S. The second kappa shape index (κ2) is 9.31. The van der Waals surface area contributed by atoms with E-state index >= 15 is 0 Å². The summed E-state index contributed by atoms with van der Waals surface area (Å²) in [5.41, 5.74) is 1.30. The van der Waals surface area contributed by atoms with E-state index in [9.17, 15) is 23.3 Å². The molecule has 2 aromatic carbocycles. The lowest BCUT2D eigenvalue weighted by Crippen LogP contribution is -2.45. The van der Waals surface area contributed by atoms with Crippen LogP contribution in [0.2, 0.25) is 0 Å². The van der Waals surface area contributed by atoms with Crippen molar-refractivity contribution in [2.45, 2.75) is 13.0 Å². The van der Waals surface area contributed by atoms with Gasteiger partial charge in [0.25, 0.3) is 5.69 Å². The number of hydrogen-bond acceptors (Lipinski definition) is 7. The molecule has 0 saturated carbocycles. The Balaban J connectivity index is 1.77. The van der Waals surface area contributed by atoms with Gasteiger partial charge in [0.2, 0.25) is 15.9 Å². The zero-order valence-electron chi connectivity index (χ0n) is 17.2. The molecule has 0 spiro atoms. The number of nitrogens with one attached hydrogen (secondary N) is 1. The molecule has 0 aromatic heterocycles. The molecule has 166 valence electrons. The molecule has 10 nitrogen and oxygen atoms in total. The van der Waals surface area contributed by atoms with Gasteiger partial charge in [-0.25, -0.2) is 8.42 Å². The lowest BCUT2D eigenvalue weighted by atomic mass is 10.2. The smallest absolute Gasteiger partial charge is 0.271 e. The van der Waals surface area contributed by atoms with Gasteiger partial charge in [-0.3, -0.25) is 19.2 Å². The maximum atomic E-state index is 12.8. The van der Waals surface area contributed by atoms with Crippen LogP contribution in [-0.4, -0.2) is 57.8 Å². The van der Waals surface area contributed by atoms with Gasteiger partial charge in [0.1, 0.15) is 6.04 Å². The van der Waals surface area contributed by atoms with Crippen LogP contribution in [0.4, 0.5) is 22.7 Å². The van der Waals surface area contributed by atoms with Gasteiger partial charge in [-0.05, 0) is 37.3 Å². The van der Waals surface area contributed by atoms with E-state index in [4.69, 9.17) is 4.74 Å². The standard InChI is InChI=1S/C20H24N4O6S/c1-15(23(31(2,28)29)18-4-3-5-19(14-18)24(26)27)20(25)21-16-6-8-17(9-7-16)22-10-12-30-13-11-22/h3-9,14-15H,10-13H2,1-2H3,(H,21,25)/t15-/m0/s1. The number of nitrogens with zero attached hydrogens (tertiary/aromatic N) is 3. The van der Waals surface area contributed by atoms with Crippen molar-refractivity contribution in [1.82, 2.24) is 0 Å². The molecule has 1 fully saturated rings. The summed E-state index contributed by atoms with van der Waals surface area (Å²) in [5, 5.41) is 13.8. The molecule has 1 amide bonds. The lowest BCUT2D eigenvalue weighted by Gasteiger charge is -2.29. The summed E-state index contributed by atoms with van der Waals surface area (Å²) >= 11 is 0. The first-order valence-corrected chi connectivity index (χ1v) is 11.5. The highest BCUT2D eigenvalue weighted by Crippen LogP contribution is 2.26. The number of benzene rings is 2. The Morgan fingerprint density at radius 3 is 2.42 bits per heavy atom. The van der Waals surface area contributed by atoms with Crippen LogP contribution < -0.4 is 14.5 Å². The normalized spacial score (nSPS) is 15.2. The Kier molecular flexibility index (Phi) is 6.76. The largest absolute Gasteiger partial charge is 0.378 e. The van der Waals surface area contributed by atoms with Crippen molar-refractivity contribution in [2.75, 3.05) is 47.1 Å². The molecule has 0 radical (unpaired) electrons. The summed E-state index contributed by atoms with van der Waals surface area (Å²) < 4.78 is 31.0. The third-order valence-corrected chi connectivity index (χ3v) is 6.14. The number of sulfonamides is 1. The van der Waals surface area contributed by atoms with Gasteiger partial charge in [0.05, 0.1) is 30.1 Å². The van der Waals surface area contributed by atoms with E-state index in [2.05, 4.69) is 10.2 Å². The average Bonchev–Trinajstić information content (AvgIpc) is 2.74. The number of anilines is 3. The summed E-state index contributed by atoms with van der Waals surface area (Å²) in [7, 11) is -3.89. The van der Waals surface area contributed by atoms with Crippen LogP contribution in [0.15, 0.2) is 48.5 Å². The molecule has 1 atom stereocenters. The highest BCUT2D eigenvalue weighted by Gasteiger charge is 2.30. The summed E-state index contributed by atoms with van der Waals surface area (Å²) in [6, 6.07) is 11.3. The fourth-order valence-electron chi connectivity index (χ4n) is 3.38. The minimum Gasteiger partial charge on any atom is -0.378 e. The summed E-state index contributed by atoms with van der Waals surface area (Å²) in [5.74, 6) is -0.559. The summed E-state index contributed by atoms with van der Waals surface area (Å²) in [6.07, 6.45) is 0.951. The van der Waals surface area contributed by atoms with Gasteiger partial charge in [-0.1, -0.05) is 6.07 Å². The number of nitro groups is 1. The third kappa shape index (κ3) is 5.50. The number of carbonyl (C=O) groups is 1. The summed E-state index contributed by atoms with van der Waals surface area (Å²) in [6.45, 7) is 4.33. The highest BCUT2D eigenvalue weighted by atomic mass is 32.2. The fraction of sp³-hybridized carbons (Fsp3) is 0.350. The second-order valence-electron chi connectivity index (χ2n) is 7.15. The molecule has 3 rings (SSSR count). The van der Waals surface area contributed by atoms with Crippen LogP contribution >= 0.6 is 0 Å². The van der Waals surface area contributed by atoms with Gasteiger partial charge < -0.3 is 15.0 Å². The topological polar surface area (TPSA) is 122 Å². The molecule has 0 unspecified atom stereocenters. The van der Waals surface area contributed by atoms with Gasteiger partial charge in [0.15, 0.2) is 0 Å². The van der Waals surface area contributed by atoms with Crippen LogP contribution in [0.3, 0.4) is 0 Å². The minimum absolute atomic E-state index is 0.0435. The number of hydrogen-bond donors (Lipinski definition) is 1. The monoisotopic (exact) mass is 448 g/mol. The fourth-order valence-corrected chi connectivity index (χ4v) is 4.54. The summed E-state index contributed by atoms with van der Waals surface area (Å²) in [4.78, 5) is 25.4. The van der Waals surface area contributed by atoms with E-state index in [1.165, 1.54) is 25.1 Å². The Labute approximate surface area is 180 Å². The Morgan fingerprint density at radius 2 is 1.84 bits per heavy atom. The average molecular weight is 449 g/mol. The molecule has 0 aliphatic carbocycles. The molecule has 11 heteroatoms. The number of carbonyl (C=O) groups excluding carboxylic acids is 1. The Morgan fingerprint density at radius 1 is 1.19 bits per heavy atom. The molecule has 1 aliphatic heterocycles. The first kappa shape index (κ1) is 22.5. The van der Waals surface area contributed by atoms with E-state index in [1.54, 1.807) is 12.1 Å². The number of amides is 1. The zero-order chi connectivity index (χ0) is 22.6. The van der Waals surface area contributed by atoms with Crippen LogP contribution in [-0.2, 0) is 19.6 Å². The second-order valence-corrected chi connectivity index (χ2v) is 9.01. The molecule has 0 bridgehead atoms. The van der Waals surface area contributed by atoms with Gasteiger partial charge in [-0.2, -0.15) is 0 Å². The molecular weight excluding hydrogens is 424 g/mol. The van der Waals surface area contributed by atoms with E-state index < -0.39 is 26.9 Å². The number of non-ortho nitro benzene ring substituents is 1. The Bertz CT molecular complexity index is 1050. The maximum Gasteiger partial charge on any atom is 0.271 e. The van der Waals surface area contributed by atoms with Crippen LogP contribution in [0.5, 0.6) is 0 Å². The minimum atomic E-state index is -3.89. The maximum absolute atomic E-state index is 12.8. The van der Waals surface area contributed by atoms with Crippen LogP contribution in [0, 0.1) is 10.1 Å². The van der Waals surface area contributed by atoms with Gasteiger partial charge in [-0.15, -0.1) is 0 Å². The van der Waals surface area contributed by atoms with Gasteiger partial charge >= 0.3 is 0 Å². The third-order valence-electron chi connectivity index (χ3n) is 4.89. The highest BCUT2D eigenvalue weighted by molar-refractivity contribution is 7.92. The Hall–Kier alpha value is -3.18. The molecule has 31 heavy (non-hydrogen) atoms. The van der Waals surface area contributed by atoms with E-state index in [0.29, 0.717) is 18.9 Å². The zero-order valence-corrected chi connectivity index (χ0v) is 18.0. The predicted octanol–water partition coefficient (Wildman–Crippen LogP) is 2.22. The quantitative estimate of drug-likeness (QED) is 0.509. The van der Waals surface area contributed by atoms with Gasteiger partial charge in [0, 0.05) is 36.6 Å². The van der Waals surface area contributed by atoms with Crippen molar-refractivity contribution in [3.05, 3.63) is 58.6 Å². The van der Waals surface area contributed by atoms with E-state index in [-0.39, 0.29) is 11.4 Å². The molecule has 2 aromatic rings. The van der Waals surface area contributed by atoms with E-state index in [0.717, 1.165) is 35.4 Å². The van der Waals surface area contributed by atoms with Crippen LogP contribution in [0.25, 0.3) is 0 Å². The number of nitro benzene ring substituents is 1. The molecule has 1 aliphatic rings. The number of rotatable bonds is 7. The number of ether oxygens (including phenoxy) is 1. The molecule has 1 saturated heterocycles. The first-order chi connectivity index (χ1) is 14.7. The van der Waals surface area contributed by atoms with Crippen LogP contribution in [0.1, 0.15) is 6.92 Å². The van der Waals surface area contributed by atoms with Crippen molar-refractivity contribution in [1.29, 1.82) is 0 Å². The predicted molar refractivity (Wildman–Crippen MR) is 118 cm³/mol. The van der Waals surface area contributed by atoms with Crippen molar-refractivity contribution in [3.8, 4) is 0 Å². The lowest BCUT2D eigenvalue weighted by molar-refractivity contribution is -0.384. The van der Waals surface area contributed by atoms with Crippen molar-refractivity contribution >= 4 is 38.7 Å². The molecule has 1 heterocycles. The SMILES string of the molecule is C[C@@H](C(=O)Nc1ccc(N2CCOCC2)cc1)N(c1cccc([N+](=O)[O-])c1)S(C)(=O)=O. The number of morpholine rings is 1.